The zero-order chi connectivity index (χ0) is 39.9. The summed E-state index contributed by atoms with van der Waals surface area (Å²) in [4.78, 5) is 9.07. The molecule has 257 valence electrons. The van der Waals surface area contributed by atoms with Crippen molar-refractivity contribution in [3.63, 3.8) is 0 Å². The molecule has 1 radical (unpaired) electrons. The Morgan fingerprint density at radius 2 is 1.64 bits per heavy atom. The molecule has 0 aliphatic heterocycles. The number of hydrogen-bond donors (Lipinski definition) is 0. The average molecular weight is 857 g/mol. The SMILES string of the molecule is [2H]C([2H])([2H])c1c[c-]c(-c2cc(C([2H])(C)C)c([Si](C)(C)C)cn2)cc1.[2H]C([2H])(c1ccnc(-c2[c-]ccc3c2oc2cc(-c4ccccc4)ccc23)c1)C(C)C.[Ir]. The van der Waals surface area contributed by atoms with Gasteiger partial charge < -0.3 is 14.4 Å². The molecule has 7 aromatic rings. The van der Waals surface area contributed by atoms with Crippen molar-refractivity contribution in [3.05, 3.63) is 138 Å². The van der Waals surface area contributed by atoms with Gasteiger partial charge in [-0.05, 0) is 58.0 Å². The first-order valence-electron chi connectivity index (χ1n) is 19.7. The van der Waals surface area contributed by atoms with Gasteiger partial charge in [-0.2, -0.15) is 0 Å². The Morgan fingerprint density at radius 1 is 0.840 bits per heavy atom. The van der Waals surface area contributed by atoms with Crippen molar-refractivity contribution < 1.29 is 32.7 Å². The van der Waals surface area contributed by atoms with Gasteiger partial charge in [0.25, 0.3) is 0 Å². The van der Waals surface area contributed by atoms with Crippen molar-refractivity contribution in [1.82, 2.24) is 9.97 Å². The third-order valence-electron chi connectivity index (χ3n) is 8.35. The van der Waals surface area contributed by atoms with Crippen LogP contribution in [0.5, 0.6) is 0 Å². The molecule has 3 aromatic heterocycles. The summed E-state index contributed by atoms with van der Waals surface area (Å²) in [6.45, 7) is 12.2. The molecular weight excluding hydrogens is 805 g/mol. The minimum atomic E-state index is -2.13. The number of aromatic nitrogens is 2. The first kappa shape index (κ1) is 29.6. The summed E-state index contributed by atoms with van der Waals surface area (Å²) in [6.07, 6.45) is 2.11. The van der Waals surface area contributed by atoms with Gasteiger partial charge in [-0.25, -0.2) is 0 Å². The number of rotatable bonds is 7. The normalized spacial score (nSPS) is 14.0. The number of furan rings is 1. The fourth-order valence-electron chi connectivity index (χ4n) is 5.93. The predicted molar refractivity (Wildman–Crippen MR) is 210 cm³/mol. The predicted octanol–water partition coefficient (Wildman–Crippen LogP) is 11.8. The zero-order valence-electron chi connectivity index (χ0n) is 35.6. The van der Waals surface area contributed by atoms with Gasteiger partial charge in [0.1, 0.15) is 5.58 Å². The van der Waals surface area contributed by atoms with Crippen molar-refractivity contribution in [3.8, 4) is 33.6 Å². The molecule has 0 atom stereocenters. The Bertz CT molecular complexity index is 2450. The van der Waals surface area contributed by atoms with Gasteiger partial charge >= 0.3 is 0 Å². The van der Waals surface area contributed by atoms with E-state index in [-0.39, 0.29) is 31.6 Å². The minimum absolute atomic E-state index is 0. The van der Waals surface area contributed by atoms with Crippen LogP contribution in [0.2, 0.25) is 19.6 Å². The largest absolute Gasteiger partial charge is 0.501 e. The molecule has 0 saturated heterocycles. The molecule has 4 aromatic carbocycles. The van der Waals surface area contributed by atoms with Gasteiger partial charge in [0, 0.05) is 46.1 Å². The Labute approximate surface area is 321 Å². The molecule has 3 nitrogen and oxygen atoms in total. The number of fused-ring (bicyclic) bond motifs is 3. The second-order valence-electron chi connectivity index (χ2n) is 13.9. The standard InChI is InChI=1S/C27H22NO.C18H24NSi.Ir/c1-18(2)15-19-13-14-28-25(16-19)24-10-6-9-23-22-12-11-21(17-26(22)29-27(23)24)20-7-4-3-5-8-20;1-13(2)16-11-17(15-9-7-14(3)8-10-15)19-12-18(16)20(4,5)6;/h3-9,11-14,16-18H,15H2,1-2H3;7-9,11-13H,1-6H3;/q2*-1;/i15D2;3D3,13D;. The van der Waals surface area contributed by atoms with Crippen LogP contribution in [0, 0.1) is 24.9 Å². The maximum atomic E-state index is 8.48. The fourth-order valence-corrected chi connectivity index (χ4v) is 7.51. The Hall–Kier alpha value is -4.15. The quantitative estimate of drug-likeness (QED) is 0.118. The summed E-state index contributed by atoms with van der Waals surface area (Å²) >= 11 is 0. The summed E-state index contributed by atoms with van der Waals surface area (Å²) in [6, 6.07) is 37.0. The number of nitrogens with zero attached hydrogens (tertiary/aromatic N) is 2. The van der Waals surface area contributed by atoms with Crippen molar-refractivity contribution in [2.45, 2.75) is 66.5 Å². The molecule has 0 amide bonds. The molecule has 0 fully saturated rings. The second kappa shape index (κ2) is 15.8. The molecule has 0 bridgehead atoms. The van der Waals surface area contributed by atoms with Crippen LogP contribution in [0.25, 0.3) is 55.6 Å². The Balaban J connectivity index is 0.000000218. The Morgan fingerprint density at radius 3 is 2.32 bits per heavy atom. The third kappa shape index (κ3) is 8.41. The molecule has 0 aliphatic carbocycles. The van der Waals surface area contributed by atoms with Gasteiger partial charge in [-0.3, -0.25) is 0 Å². The topological polar surface area (TPSA) is 38.9 Å². The van der Waals surface area contributed by atoms with Gasteiger partial charge in [-0.15, -0.1) is 53.6 Å². The fraction of sp³-hybridized carbons (Fsp3) is 0.244. The van der Waals surface area contributed by atoms with E-state index in [4.69, 9.17) is 12.6 Å². The maximum absolute atomic E-state index is 8.48. The monoisotopic (exact) mass is 857 g/mol. The molecule has 50 heavy (non-hydrogen) atoms. The van der Waals surface area contributed by atoms with Crippen LogP contribution in [0.1, 0.15) is 58.5 Å². The number of aryl methyl sites for hydroxylation is 1. The first-order valence-corrected chi connectivity index (χ1v) is 20.2. The van der Waals surface area contributed by atoms with Gasteiger partial charge in [0.15, 0.2) is 0 Å². The molecule has 7 rings (SSSR count). The smallest absolute Gasteiger partial charge is 0.121 e. The minimum Gasteiger partial charge on any atom is -0.501 e. The number of benzene rings is 4. The van der Waals surface area contributed by atoms with E-state index in [0.29, 0.717) is 11.3 Å². The van der Waals surface area contributed by atoms with Gasteiger partial charge in [0.2, 0.25) is 0 Å². The van der Waals surface area contributed by atoms with Gasteiger partial charge in [-0.1, -0.05) is 131 Å². The molecule has 0 N–H and O–H groups in total. The average Bonchev–Trinajstić information content (AvgIpc) is 3.52. The number of hydrogen-bond acceptors (Lipinski definition) is 3. The summed E-state index contributed by atoms with van der Waals surface area (Å²) in [7, 11) is -1.61. The summed E-state index contributed by atoms with van der Waals surface area (Å²) < 4.78 is 54.0. The van der Waals surface area contributed by atoms with Crippen molar-refractivity contribution >= 4 is 35.2 Å². The molecule has 5 heteroatoms. The van der Waals surface area contributed by atoms with Crippen LogP contribution < -0.4 is 5.19 Å². The van der Waals surface area contributed by atoms with E-state index in [1.165, 1.54) is 11.3 Å². The van der Waals surface area contributed by atoms with E-state index in [0.717, 1.165) is 55.4 Å². The third-order valence-corrected chi connectivity index (χ3v) is 10.4. The van der Waals surface area contributed by atoms with E-state index >= 15 is 0 Å². The number of pyridine rings is 2. The van der Waals surface area contributed by atoms with E-state index in [9.17, 15) is 0 Å². The molecule has 3 heterocycles. The van der Waals surface area contributed by atoms with Crippen molar-refractivity contribution in [1.29, 1.82) is 0 Å². The second-order valence-corrected chi connectivity index (χ2v) is 18.9. The van der Waals surface area contributed by atoms with Crippen LogP contribution >= 0.6 is 0 Å². The van der Waals surface area contributed by atoms with Crippen LogP contribution in [0.15, 0.2) is 114 Å². The van der Waals surface area contributed by atoms with Gasteiger partial charge in [0.05, 0.1) is 13.7 Å². The van der Waals surface area contributed by atoms with E-state index in [1.807, 2.05) is 76.4 Å². The van der Waals surface area contributed by atoms with Crippen LogP contribution in [-0.2, 0) is 26.5 Å². The Kier molecular flexibility index (Phi) is 9.35. The van der Waals surface area contributed by atoms with Crippen LogP contribution in [-0.4, -0.2) is 18.0 Å². The van der Waals surface area contributed by atoms with Crippen molar-refractivity contribution in [2.24, 2.45) is 5.92 Å². The zero-order valence-corrected chi connectivity index (χ0v) is 33.0. The molecule has 0 unspecified atom stereocenters. The molecular formula is C45H46IrN2OSi-2. The molecule has 0 saturated carbocycles. The molecule has 0 spiro atoms. The summed E-state index contributed by atoms with van der Waals surface area (Å²) in [5.74, 6) is -0.864. The van der Waals surface area contributed by atoms with E-state index in [1.54, 1.807) is 24.4 Å². The summed E-state index contributed by atoms with van der Waals surface area (Å²) in [5, 5.41) is 3.23. The van der Waals surface area contributed by atoms with Crippen LogP contribution in [0.3, 0.4) is 0 Å². The van der Waals surface area contributed by atoms with Crippen molar-refractivity contribution in [2.75, 3.05) is 0 Å². The van der Waals surface area contributed by atoms with Crippen LogP contribution in [0.4, 0.5) is 0 Å². The molecule has 0 aliphatic rings. The summed E-state index contributed by atoms with van der Waals surface area (Å²) in [5.41, 5.74) is 8.52. The van der Waals surface area contributed by atoms with E-state index < -0.39 is 27.2 Å². The van der Waals surface area contributed by atoms with E-state index in [2.05, 4.69) is 72.1 Å². The maximum Gasteiger partial charge on any atom is 0.121 e. The first-order chi connectivity index (χ1) is 25.7.